The van der Waals surface area contributed by atoms with Crippen LogP contribution in [0.15, 0.2) is 47.1 Å². The Morgan fingerprint density at radius 3 is 2.56 bits per heavy atom. The first kappa shape index (κ1) is 11.0. The number of hydrogen-bond donors (Lipinski definition) is 0. The molecule has 0 radical (unpaired) electrons. The lowest BCUT2D eigenvalue weighted by molar-refractivity contribution is 0.369. The van der Waals surface area contributed by atoms with Gasteiger partial charge in [0.05, 0.1) is 11.6 Å². The van der Waals surface area contributed by atoms with Crippen molar-refractivity contribution in [2.75, 3.05) is 7.11 Å². The van der Waals surface area contributed by atoms with Gasteiger partial charge < -0.3 is 9.47 Å². The Morgan fingerprint density at radius 2 is 1.81 bits per heavy atom. The van der Waals surface area contributed by atoms with Gasteiger partial charge >= 0.3 is 0 Å². The molecule has 0 unspecified atom stereocenters. The van der Waals surface area contributed by atoms with Gasteiger partial charge in [0, 0.05) is 6.20 Å². The first-order valence-electron chi connectivity index (χ1n) is 4.72. The van der Waals surface area contributed by atoms with Crippen LogP contribution in [0.3, 0.4) is 0 Å². The minimum Gasteiger partial charge on any atom is -0.491 e. The van der Waals surface area contributed by atoms with E-state index in [0.29, 0.717) is 17.4 Å². The lowest BCUT2D eigenvalue weighted by Crippen LogP contribution is -1.92. The van der Waals surface area contributed by atoms with Gasteiger partial charge in [-0.25, -0.2) is 4.98 Å². The molecule has 0 saturated carbocycles. The standard InChI is InChI=1S/C12H10BrNO2/c1-15-11-7-4-8-14-12(11)16-10-6-3-2-5-9(10)13/h2-8H,1H3. The van der Waals surface area contributed by atoms with Crippen LogP contribution >= 0.6 is 15.9 Å². The van der Waals surface area contributed by atoms with Crippen LogP contribution in [0.2, 0.25) is 0 Å². The Bertz CT molecular complexity index is 488. The zero-order valence-corrected chi connectivity index (χ0v) is 10.3. The van der Waals surface area contributed by atoms with Crippen molar-refractivity contribution in [2.24, 2.45) is 0 Å². The first-order chi connectivity index (χ1) is 7.81. The summed E-state index contributed by atoms with van der Waals surface area (Å²) in [5.74, 6) is 1.77. The van der Waals surface area contributed by atoms with Gasteiger partial charge in [-0.15, -0.1) is 0 Å². The summed E-state index contributed by atoms with van der Waals surface area (Å²) in [6.45, 7) is 0. The number of halogens is 1. The fourth-order valence-corrected chi connectivity index (χ4v) is 1.61. The number of rotatable bonds is 3. The predicted octanol–water partition coefficient (Wildman–Crippen LogP) is 3.65. The van der Waals surface area contributed by atoms with Gasteiger partial charge in [-0.05, 0) is 40.2 Å². The second-order valence-electron chi connectivity index (χ2n) is 3.04. The Kier molecular flexibility index (Phi) is 3.41. The molecule has 0 saturated heterocycles. The minimum atomic E-state index is 0.455. The van der Waals surface area contributed by atoms with Gasteiger partial charge in [0.15, 0.2) is 5.75 Å². The smallest absolute Gasteiger partial charge is 0.262 e. The summed E-state index contributed by atoms with van der Waals surface area (Å²) in [5, 5.41) is 0. The van der Waals surface area contributed by atoms with E-state index in [1.54, 1.807) is 25.4 Å². The molecule has 0 aliphatic carbocycles. The van der Waals surface area contributed by atoms with Crippen LogP contribution in [0.4, 0.5) is 0 Å². The Balaban J connectivity index is 2.30. The third kappa shape index (κ3) is 2.33. The van der Waals surface area contributed by atoms with Crippen molar-refractivity contribution >= 4 is 15.9 Å². The number of methoxy groups -OCH3 is 1. The third-order valence-electron chi connectivity index (χ3n) is 2.00. The molecule has 1 aromatic carbocycles. The molecule has 0 aliphatic heterocycles. The average molecular weight is 280 g/mol. The van der Waals surface area contributed by atoms with Gasteiger partial charge in [-0.2, -0.15) is 0 Å². The number of aromatic nitrogens is 1. The van der Waals surface area contributed by atoms with Crippen molar-refractivity contribution in [2.45, 2.75) is 0 Å². The summed E-state index contributed by atoms with van der Waals surface area (Å²) in [6.07, 6.45) is 1.66. The highest BCUT2D eigenvalue weighted by Crippen LogP contribution is 2.32. The van der Waals surface area contributed by atoms with Gasteiger partial charge in [-0.1, -0.05) is 12.1 Å². The van der Waals surface area contributed by atoms with E-state index in [4.69, 9.17) is 9.47 Å². The topological polar surface area (TPSA) is 31.4 Å². The monoisotopic (exact) mass is 279 g/mol. The molecular weight excluding hydrogens is 270 g/mol. The van der Waals surface area contributed by atoms with Crippen LogP contribution < -0.4 is 9.47 Å². The van der Waals surface area contributed by atoms with Crippen molar-refractivity contribution in [1.82, 2.24) is 4.98 Å². The highest BCUT2D eigenvalue weighted by molar-refractivity contribution is 9.10. The van der Waals surface area contributed by atoms with E-state index >= 15 is 0 Å². The van der Waals surface area contributed by atoms with E-state index in [-0.39, 0.29) is 0 Å². The molecule has 0 amide bonds. The Labute approximate surface area is 102 Å². The molecule has 0 atom stereocenters. The SMILES string of the molecule is COc1cccnc1Oc1ccccc1Br. The molecule has 82 valence electrons. The molecule has 4 heteroatoms. The molecule has 2 rings (SSSR count). The number of hydrogen-bond acceptors (Lipinski definition) is 3. The molecular formula is C12H10BrNO2. The van der Waals surface area contributed by atoms with Crippen molar-refractivity contribution in [3.05, 3.63) is 47.1 Å². The van der Waals surface area contributed by atoms with Crippen LogP contribution in [-0.4, -0.2) is 12.1 Å². The maximum absolute atomic E-state index is 5.65. The van der Waals surface area contributed by atoms with Crippen LogP contribution in [0.25, 0.3) is 0 Å². The predicted molar refractivity (Wildman–Crippen MR) is 65.0 cm³/mol. The lowest BCUT2D eigenvalue weighted by atomic mass is 10.3. The molecule has 2 aromatic rings. The van der Waals surface area contributed by atoms with Crippen LogP contribution in [0.1, 0.15) is 0 Å². The minimum absolute atomic E-state index is 0.455. The van der Waals surface area contributed by atoms with E-state index in [2.05, 4.69) is 20.9 Å². The summed E-state index contributed by atoms with van der Waals surface area (Å²) >= 11 is 3.41. The summed E-state index contributed by atoms with van der Waals surface area (Å²) in [6, 6.07) is 11.2. The lowest BCUT2D eigenvalue weighted by Gasteiger charge is -2.09. The summed E-state index contributed by atoms with van der Waals surface area (Å²) in [5.41, 5.74) is 0. The van der Waals surface area contributed by atoms with Crippen LogP contribution in [-0.2, 0) is 0 Å². The van der Waals surface area contributed by atoms with E-state index in [1.165, 1.54) is 0 Å². The average Bonchev–Trinajstić information content (AvgIpc) is 2.33. The normalized spacial score (nSPS) is 9.88. The molecule has 0 aliphatic rings. The second-order valence-corrected chi connectivity index (χ2v) is 3.90. The maximum Gasteiger partial charge on any atom is 0.262 e. The van der Waals surface area contributed by atoms with E-state index in [0.717, 1.165) is 4.47 Å². The van der Waals surface area contributed by atoms with Gasteiger partial charge in [-0.3, -0.25) is 0 Å². The fraction of sp³-hybridized carbons (Fsp3) is 0.0833. The summed E-state index contributed by atoms with van der Waals surface area (Å²) < 4.78 is 11.7. The number of ether oxygens (including phenoxy) is 2. The molecule has 0 bridgehead atoms. The van der Waals surface area contributed by atoms with Gasteiger partial charge in [0.1, 0.15) is 5.75 Å². The zero-order valence-electron chi connectivity index (χ0n) is 8.68. The maximum atomic E-state index is 5.65. The molecule has 1 heterocycles. The van der Waals surface area contributed by atoms with Gasteiger partial charge in [0.2, 0.25) is 0 Å². The van der Waals surface area contributed by atoms with Crippen molar-refractivity contribution in [3.63, 3.8) is 0 Å². The molecule has 3 nitrogen and oxygen atoms in total. The third-order valence-corrected chi connectivity index (χ3v) is 2.65. The van der Waals surface area contributed by atoms with Crippen molar-refractivity contribution in [3.8, 4) is 17.4 Å². The molecule has 0 spiro atoms. The van der Waals surface area contributed by atoms with Crippen LogP contribution in [0, 0.1) is 0 Å². The highest BCUT2D eigenvalue weighted by atomic mass is 79.9. The number of benzene rings is 1. The van der Waals surface area contributed by atoms with Crippen molar-refractivity contribution in [1.29, 1.82) is 0 Å². The molecule has 0 fully saturated rings. The Morgan fingerprint density at radius 1 is 1.06 bits per heavy atom. The molecule has 1 aromatic heterocycles. The van der Waals surface area contributed by atoms with E-state index in [9.17, 15) is 0 Å². The van der Waals surface area contributed by atoms with E-state index in [1.807, 2.05) is 24.3 Å². The van der Waals surface area contributed by atoms with E-state index < -0.39 is 0 Å². The second kappa shape index (κ2) is 4.99. The Hall–Kier alpha value is -1.55. The zero-order chi connectivity index (χ0) is 11.4. The first-order valence-corrected chi connectivity index (χ1v) is 5.52. The largest absolute Gasteiger partial charge is 0.491 e. The summed E-state index contributed by atoms with van der Waals surface area (Å²) in [7, 11) is 1.59. The number of pyridine rings is 1. The fourth-order valence-electron chi connectivity index (χ4n) is 1.24. The van der Waals surface area contributed by atoms with Crippen LogP contribution in [0.5, 0.6) is 17.4 Å². The molecule has 0 N–H and O–H groups in total. The quantitative estimate of drug-likeness (QED) is 0.860. The van der Waals surface area contributed by atoms with Gasteiger partial charge in [0.25, 0.3) is 5.88 Å². The van der Waals surface area contributed by atoms with Crippen molar-refractivity contribution < 1.29 is 9.47 Å². The number of para-hydroxylation sites is 1. The molecule has 16 heavy (non-hydrogen) atoms. The highest BCUT2D eigenvalue weighted by Gasteiger charge is 2.07. The number of nitrogens with zero attached hydrogens (tertiary/aromatic N) is 1. The summed E-state index contributed by atoms with van der Waals surface area (Å²) in [4.78, 5) is 4.12.